The van der Waals surface area contributed by atoms with E-state index in [-0.39, 0.29) is 0 Å². The molecule has 13 heavy (non-hydrogen) atoms. The Balaban J connectivity index is 3.69. The summed E-state index contributed by atoms with van der Waals surface area (Å²) in [5, 5.41) is 3.47. The fourth-order valence-corrected chi connectivity index (χ4v) is 0.439. The van der Waals surface area contributed by atoms with Crippen molar-refractivity contribution in [2.45, 2.75) is 20.3 Å². The highest BCUT2D eigenvalue weighted by Crippen LogP contribution is 1.85. The first-order chi connectivity index (χ1) is 6.20. The predicted octanol–water partition coefficient (Wildman–Crippen LogP) is 0.762. The third kappa shape index (κ3) is 6.86. The van der Waals surface area contributed by atoms with Crippen molar-refractivity contribution in [2.75, 3.05) is 6.61 Å². The normalized spacial score (nSPS) is 11.7. The molecule has 0 aromatic heterocycles. The first-order valence-electron chi connectivity index (χ1n) is 4.02. The van der Waals surface area contributed by atoms with Gasteiger partial charge in [-0.25, -0.2) is 4.79 Å². The molecule has 74 valence electrons. The summed E-state index contributed by atoms with van der Waals surface area (Å²) in [5.41, 5.74) is 5.32. The van der Waals surface area contributed by atoms with Gasteiger partial charge in [-0.3, -0.25) is 0 Å². The van der Waals surface area contributed by atoms with E-state index >= 15 is 0 Å². The molecule has 0 radical (unpaired) electrons. The highest BCUT2D eigenvalue weighted by atomic mass is 16.6. The molecule has 0 aromatic rings. The summed E-state index contributed by atoms with van der Waals surface area (Å²) >= 11 is 0. The first-order valence-corrected chi connectivity index (χ1v) is 4.02. The molecule has 0 amide bonds. The van der Waals surface area contributed by atoms with Gasteiger partial charge < -0.3 is 15.3 Å². The van der Waals surface area contributed by atoms with Crippen LogP contribution in [0.15, 0.2) is 17.5 Å². The van der Waals surface area contributed by atoms with Crippen LogP contribution in [0.4, 0.5) is 0 Å². The summed E-state index contributed by atoms with van der Waals surface area (Å²) in [4.78, 5) is 15.3. The molecule has 0 fully saturated rings. The van der Waals surface area contributed by atoms with Gasteiger partial charge in [0.15, 0.2) is 0 Å². The van der Waals surface area contributed by atoms with Gasteiger partial charge >= 0.3 is 5.97 Å². The lowest BCUT2D eigenvalue weighted by Gasteiger charge is -1.94. The Labute approximate surface area is 77.2 Å². The zero-order chi connectivity index (χ0) is 10.1. The van der Waals surface area contributed by atoms with Crippen molar-refractivity contribution in [3.63, 3.8) is 0 Å². The van der Waals surface area contributed by atoms with Crippen molar-refractivity contribution >= 4 is 11.8 Å². The predicted molar refractivity (Wildman–Crippen MR) is 48.8 cm³/mol. The van der Waals surface area contributed by atoms with Crippen LogP contribution in [0, 0.1) is 0 Å². The number of hydrogen-bond donors (Lipinski definition) is 1. The Hall–Kier alpha value is -1.52. The minimum Gasteiger partial charge on any atom is -0.463 e. The largest absolute Gasteiger partial charge is 0.463 e. The van der Waals surface area contributed by atoms with E-state index in [2.05, 4.69) is 14.7 Å². The molecule has 0 aromatic carbocycles. The number of carbonyl (C=O) groups is 1. The fourth-order valence-electron chi connectivity index (χ4n) is 0.439. The third-order valence-electron chi connectivity index (χ3n) is 1.08. The van der Waals surface area contributed by atoms with E-state index in [1.54, 1.807) is 6.92 Å². The second-order valence-corrected chi connectivity index (χ2v) is 2.10. The van der Waals surface area contributed by atoms with Gasteiger partial charge in [-0.2, -0.15) is 0 Å². The van der Waals surface area contributed by atoms with Crippen molar-refractivity contribution in [2.24, 2.45) is 10.9 Å². The first kappa shape index (κ1) is 11.5. The Morgan fingerprint density at radius 2 is 2.23 bits per heavy atom. The van der Waals surface area contributed by atoms with E-state index < -0.39 is 5.97 Å². The molecular weight excluding hydrogens is 172 g/mol. The molecule has 0 bridgehead atoms. The van der Waals surface area contributed by atoms with Crippen molar-refractivity contribution < 1.29 is 14.4 Å². The summed E-state index contributed by atoms with van der Waals surface area (Å²) in [6.07, 6.45) is 2.86. The highest BCUT2D eigenvalue weighted by molar-refractivity contribution is 5.81. The van der Waals surface area contributed by atoms with Crippen molar-refractivity contribution in [1.82, 2.24) is 0 Å². The van der Waals surface area contributed by atoms with E-state index in [1.165, 1.54) is 0 Å². The molecule has 0 spiro atoms. The highest BCUT2D eigenvalue weighted by Gasteiger charge is 1.92. The number of nitrogens with zero attached hydrogens (tertiary/aromatic N) is 1. The number of amidine groups is 1. The third-order valence-corrected chi connectivity index (χ3v) is 1.08. The van der Waals surface area contributed by atoms with Gasteiger partial charge in [0.25, 0.3) is 0 Å². The van der Waals surface area contributed by atoms with E-state index in [4.69, 9.17) is 5.73 Å². The van der Waals surface area contributed by atoms with Crippen LogP contribution in [0.1, 0.15) is 20.3 Å². The van der Waals surface area contributed by atoms with Gasteiger partial charge in [-0.15, -0.1) is 0 Å². The molecule has 5 nitrogen and oxygen atoms in total. The van der Waals surface area contributed by atoms with Crippen molar-refractivity contribution in [1.29, 1.82) is 0 Å². The van der Waals surface area contributed by atoms with Crippen LogP contribution in [0.3, 0.4) is 0 Å². The van der Waals surface area contributed by atoms with Gasteiger partial charge in [0.05, 0.1) is 12.7 Å². The summed E-state index contributed by atoms with van der Waals surface area (Å²) in [6, 6.07) is 0. The molecular formula is C8H14N2O3. The Morgan fingerprint density at radius 3 is 2.77 bits per heavy atom. The minimum absolute atomic E-state index is 0.337. The molecule has 0 atom stereocenters. The number of esters is 1. The zero-order valence-corrected chi connectivity index (χ0v) is 7.82. The van der Waals surface area contributed by atoms with Crippen LogP contribution in [0.25, 0.3) is 0 Å². The number of carbonyl (C=O) groups excluding carboxylic acids is 1. The smallest absolute Gasteiger partial charge is 0.333 e. The van der Waals surface area contributed by atoms with Gasteiger partial charge in [0.2, 0.25) is 0 Å². The molecule has 0 heterocycles. The summed E-state index contributed by atoms with van der Waals surface area (Å²) in [6.45, 7) is 3.90. The van der Waals surface area contributed by atoms with Crippen LogP contribution in [-0.4, -0.2) is 18.4 Å². The lowest BCUT2D eigenvalue weighted by atomic mass is 10.5. The number of nitrogens with two attached hydrogens (primary N) is 1. The Kier molecular flexibility index (Phi) is 6.31. The van der Waals surface area contributed by atoms with Crippen LogP contribution in [-0.2, 0) is 14.4 Å². The molecule has 0 unspecified atom stereocenters. The minimum atomic E-state index is -0.465. The number of rotatable bonds is 5. The molecule has 2 N–H and O–H groups in total. The summed E-state index contributed by atoms with van der Waals surface area (Å²) in [7, 11) is 0. The van der Waals surface area contributed by atoms with Crippen molar-refractivity contribution in [3.05, 3.63) is 12.3 Å². The average Bonchev–Trinajstić information content (AvgIpc) is 2.12. The van der Waals surface area contributed by atoms with Crippen molar-refractivity contribution in [3.8, 4) is 0 Å². The van der Waals surface area contributed by atoms with E-state index in [9.17, 15) is 4.79 Å². The molecule has 0 aliphatic heterocycles. The quantitative estimate of drug-likeness (QED) is 0.172. The monoisotopic (exact) mass is 186 g/mol. The summed E-state index contributed by atoms with van der Waals surface area (Å²) < 4.78 is 4.59. The number of ether oxygens (including phenoxy) is 1. The Morgan fingerprint density at radius 1 is 1.54 bits per heavy atom. The maximum atomic E-state index is 10.7. The Bertz CT molecular complexity index is 211. The molecule has 0 aliphatic carbocycles. The number of oxime groups is 1. The number of hydrogen-bond acceptors (Lipinski definition) is 4. The van der Waals surface area contributed by atoms with Crippen LogP contribution in [0.5, 0.6) is 0 Å². The van der Waals surface area contributed by atoms with Gasteiger partial charge in [-0.05, 0) is 6.92 Å². The zero-order valence-electron chi connectivity index (χ0n) is 7.82. The van der Waals surface area contributed by atoms with Gasteiger partial charge in [0, 0.05) is 6.42 Å². The van der Waals surface area contributed by atoms with Crippen LogP contribution < -0.4 is 5.73 Å². The molecule has 0 saturated heterocycles. The van der Waals surface area contributed by atoms with Gasteiger partial charge in [-0.1, -0.05) is 12.1 Å². The SMILES string of the molecule is CCOC(=O)C=CON=C(N)CC. The fraction of sp³-hybridized carbons (Fsp3) is 0.500. The lowest BCUT2D eigenvalue weighted by molar-refractivity contribution is -0.137. The standard InChI is InChI=1S/C8H14N2O3/c1-3-7(9)10-13-6-5-8(11)12-4-2/h5-6H,3-4H2,1-2H3,(H2,9,10). The maximum absolute atomic E-state index is 10.7. The van der Waals surface area contributed by atoms with Crippen LogP contribution in [0.2, 0.25) is 0 Å². The average molecular weight is 186 g/mol. The second-order valence-electron chi connectivity index (χ2n) is 2.10. The van der Waals surface area contributed by atoms with E-state index in [1.807, 2.05) is 6.92 Å². The lowest BCUT2D eigenvalue weighted by Crippen LogP contribution is -2.09. The second kappa shape index (κ2) is 7.15. The van der Waals surface area contributed by atoms with Gasteiger partial charge in [0.1, 0.15) is 12.1 Å². The molecule has 0 saturated carbocycles. The van der Waals surface area contributed by atoms with Crippen LogP contribution >= 0.6 is 0 Å². The van der Waals surface area contributed by atoms with E-state index in [0.29, 0.717) is 18.9 Å². The maximum Gasteiger partial charge on any atom is 0.333 e. The topological polar surface area (TPSA) is 73.9 Å². The van der Waals surface area contributed by atoms with E-state index in [0.717, 1.165) is 12.3 Å². The molecule has 5 heteroatoms. The summed E-state index contributed by atoms with van der Waals surface area (Å²) in [5.74, 6) is -0.0960. The molecule has 0 rings (SSSR count). The molecule has 0 aliphatic rings.